The number of ether oxygens (including phenoxy) is 1. The highest BCUT2D eigenvalue weighted by Crippen LogP contribution is 2.39. The van der Waals surface area contributed by atoms with E-state index in [9.17, 15) is 9.59 Å². The van der Waals surface area contributed by atoms with Crippen LogP contribution < -0.4 is 5.32 Å². The van der Waals surface area contributed by atoms with Crippen molar-refractivity contribution in [1.82, 2.24) is 0 Å². The fraction of sp³-hybridized carbons (Fsp3) is 0.647. The molecule has 5 heteroatoms. The summed E-state index contributed by atoms with van der Waals surface area (Å²) in [6.07, 6.45) is 6.84. The van der Waals surface area contributed by atoms with Crippen LogP contribution in [0.15, 0.2) is 0 Å². The van der Waals surface area contributed by atoms with Gasteiger partial charge in [-0.2, -0.15) is 0 Å². The van der Waals surface area contributed by atoms with Gasteiger partial charge in [-0.3, -0.25) is 4.79 Å². The van der Waals surface area contributed by atoms with Gasteiger partial charge in [0, 0.05) is 10.8 Å². The smallest absolute Gasteiger partial charge is 0.341 e. The minimum absolute atomic E-state index is 0.0161. The quantitative estimate of drug-likeness (QED) is 0.766. The summed E-state index contributed by atoms with van der Waals surface area (Å²) >= 11 is 1.54. The fourth-order valence-electron chi connectivity index (χ4n) is 3.00. The monoisotopic (exact) mass is 323 g/mol. The van der Waals surface area contributed by atoms with Crippen LogP contribution in [0, 0.1) is 5.92 Å². The van der Waals surface area contributed by atoms with Gasteiger partial charge in [-0.05, 0) is 37.7 Å². The van der Waals surface area contributed by atoms with E-state index < -0.39 is 0 Å². The molecule has 1 amide bonds. The van der Waals surface area contributed by atoms with E-state index in [1.165, 1.54) is 23.3 Å². The third-order valence-corrected chi connectivity index (χ3v) is 5.52. The van der Waals surface area contributed by atoms with Gasteiger partial charge in [-0.1, -0.05) is 26.7 Å². The number of carbonyl (C=O) groups excluding carboxylic acids is 2. The van der Waals surface area contributed by atoms with Gasteiger partial charge in [0.2, 0.25) is 5.91 Å². The van der Waals surface area contributed by atoms with Crippen molar-refractivity contribution in [1.29, 1.82) is 0 Å². The Morgan fingerprint density at radius 1 is 1.32 bits per heavy atom. The maximum atomic E-state index is 12.5. The molecule has 0 radical (unpaired) electrons. The number of rotatable bonds is 7. The summed E-state index contributed by atoms with van der Waals surface area (Å²) in [7, 11) is 1.39. The molecule has 1 aliphatic rings. The van der Waals surface area contributed by atoms with E-state index >= 15 is 0 Å². The van der Waals surface area contributed by atoms with E-state index in [1.54, 1.807) is 0 Å². The van der Waals surface area contributed by atoms with E-state index in [0.29, 0.717) is 10.6 Å². The van der Waals surface area contributed by atoms with E-state index in [1.807, 2.05) is 6.92 Å². The van der Waals surface area contributed by atoms with E-state index in [2.05, 4.69) is 12.2 Å². The van der Waals surface area contributed by atoms with Gasteiger partial charge in [0.1, 0.15) is 5.00 Å². The maximum Gasteiger partial charge on any atom is 0.341 e. The molecule has 0 aromatic carbocycles. The SMILES string of the molecule is CCCCC(CC)C(=O)Nc1sc2c(c1C(=O)OC)CCC2. The summed E-state index contributed by atoms with van der Waals surface area (Å²) in [5.41, 5.74) is 1.66. The number of nitrogens with one attached hydrogen (secondary N) is 1. The lowest BCUT2D eigenvalue weighted by molar-refractivity contribution is -0.120. The average molecular weight is 323 g/mol. The predicted molar refractivity (Wildman–Crippen MR) is 89.6 cm³/mol. The average Bonchev–Trinajstić information content (AvgIpc) is 3.07. The van der Waals surface area contributed by atoms with E-state index in [0.717, 1.165) is 50.5 Å². The Morgan fingerprint density at radius 2 is 2.09 bits per heavy atom. The summed E-state index contributed by atoms with van der Waals surface area (Å²) in [6, 6.07) is 0. The van der Waals surface area contributed by atoms with Crippen molar-refractivity contribution in [3.8, 4) is 0 Å². The number of fused-ring (bicyclic) bond motifs is 1. The fourth-order valence-corrected chi connectivity index (χ4v) is 4.28. The number of anilines is 1. The zero-order chi connectivity index (χ0) is 16.1. The molecular formula is C17H25NO3S. The summed E-state index contributed by atoms with van der Waals surface area (Å²) in [6.45, 7) is 4.17. The number of amides is 1. The number of carbonyl (C=O) groups is 2. The predicted octanol–water partition coefficient (Wildman–Crippen LogP) is 4.18. The van der Waals surface area contributed by atoms with Crippen molar-refractivity contribution in [2.45, 2.75) is 58.8 Å². The zero-order valence-electron chi connectivity index (χ0n) is 13.7. The lowest BCUT2D eigenvalue weighted by Crippen LogP contribution is -2.23. The molecule has 0 aliphatic heterocycles. The number of thiophene rings is 1. The van der Waals surface area contributed by atoms with Gasteiger partial charge in [0.25, 0.3) is 0 Å². The van der Waals surface area contributed by atoms with Crippen molar-refractivity contribution in [3.63, 3.8) is 0 Å². The Bertz CT molecular complexity index is 550. The molecule has 1 aromatic heterocycles. The normalized spacial score (nSPS) is 14.5. The van der Waals surface area contributed by atoms with Crippen molar-refractivity contribution < 1.29 is 14.3 Å². The Kier molecular flexibility index (Phi) is 6.00. The highest BCUT2D eigenvalue weighted by molar-refractivity contribution is 7.17. The highest BCUT2D eigenvalue weighted by Gasteiger charge is 2.29. The van der Waals surface area contributed by atoms with Crippen molar-refractivity contribution in [3.05, 3.63) is 16.0 Å². The molecule has 0 saturated carbocycles. The van der Waals surface area contributed by atoms with E-state index in [4.69, 9.17) is 4.74 Å². The summed E-state index contributed by atoms with van der Waals surface area (Å²) in [4.78, 5) is 25.8. The van der Waals surface area contributed by atoms with Crippen LogP contribution in [-0.2, 0) is 22.4 Å². The minimum Gasteiger partial charge on any atom is -0.465 e. The molecule has 2 rings (SSSR count). The van der Waals surface area contributed by atoms with Crippen LogP contribution in [0.4, 0.5) is 5.00 Å². The molecule has 122 valence electrons. The van der Waals surface area contributed by atoms with Crippen molar-refractivity contribution >= 4 is 28.2 Å². The Morgan fingerprint density at radius 3 is 2.73 bits per heavy atom. The molecule has 0 spiro atoms. The molecular weight excluding hydrogens is 298 g/mol. The Labute approximate surface area is 136 Å². The number of esters is 1. The second-order valence-corrected chi connectivity index (χ2v) is 6.89. The molecule has 22 heavy (non-hydrogen) atoms. The number of methoxy groups -OCH3 is 1. The number of aryl methyl sites for hydroxylation is 1. The van der Waals surface area contributed by atoms with Gasteiger partial charge in [-0.15, -0.1) is 11.3 Å². The Balaban J connectivity index is 2.18. The van der Waals surface area contributed by atoms with Crippen LogP contribution >= 0.6 is 11.3 Å². The first kappa shape index (κ1) is 17.0. The van der Waals surface area contributed by atoms with Crippen molar-refractivity contribution in [2.75, 3.05) is 12.4 Å². The molecule has 1 heterocycles. The van der Waals surface area contributed by atoms with E-state index in [-0.39, 0.29) is 17.8 Å². The first-order valence-corrected chi connectivity index (χ1v) is 8.97. The van der Waals surface area contributed by atoms with Gasteiger partial charge < -0.3 is 10.1 Å². The molecule has 0 bridgehead atoms. The number of hydrogen-bond donors (Lipinski definition) is 1. The summed E-state index contributed by atoms with van der Waals surface area (Å²) in [5.74, 6) is -0.292. The van der Waals surface area contributed by atoms with Gasteiger partial charge in [0.05, 0.1) is 12.7 Å². The van der Waals surface area contributed by atoms with Gasteiger partial charge in [-0.25, -0.2) is 4.79 Å². The standard InChI is InChI=1S/C17H25NO3S/c1-4-6-8-11(5-2)15(19)18-16-14(17(20)21-3)12-9-7-10-13(12)22-16/h11H,4-10H2,1-3H3,(H,18,19). The molecule has 1 aromatic rings. The summed E-state index contributed by atoms with van der Waals surface area (Å²) in [5, 5.41) is 3.67. The maximum absolute atomic E-state index is 12.5. The zero-order valence-corrected chi connectivity index (χ0v) is 14.5. The molecule has 0 fully saturated rings. The van der Waals surface area contributed by atoms with Crippen LogP contribution in [0.2, 0.25) is 0 Å². The van der Waals surface area contributed by atoms with Crippen LogP contribution in [0.3, 0.4) is 0 Å². The van der Waals surface area contributed by atoms with Crippen LogP contribution in [0.5, 0.6) is 0 Å². The van der Waals surface area contributed by atoms with Gasteiger partial charge in [0.15, 0.2) is 0 Å². The number of hydrogen-bond acceptors (Lipinski definition) is 4. The lowest BCUT2D eigenvalue weighted by atomic mass is 9.98. The molecule has 1 N–H and O–H groups in total. The van der Waals surface area contributed by atoms with Crippen LogP contribution in [0.25, 0.3) is 0 Å². The first-order valence-electron chi connectivity index (χ1n) is 8.16. The second-order valence-electron chi connectivity index (χ2n) is 5.79. The molecule has 4 nitrogen and oxygen atoms in total. The molecule has 1 atom stereocenters. The van der Waals surface area contributed by atoms with Crippen molar-refractivity contribution in [2.24, 2.45) is 5.92 Å². The second kappa shape index (κ2) is 7.77. The van der Waals surface area contributed by atoms with Crippen LogP contribution in [0.1, 0.15) is 66.8 Å². The molecule has 1 aliphatic carbocycles. The first-order chi connectivity index (χ1) is 10.6. The largest absolute Gasteiger partial charge is 0.465 e. The topological polar surface area (TPSA) is 55.4 Å². The lowest BCUT2D eigenvalue weighted by Gasteiger charge is -2.14. The third-order valence-electron chi connectivity index (χ3n) is 4.32. The van der Waals surface area contributed by atoms with Crippen LogP contribution in [-0.4, -0.2) is 19.0 Å². The minimum atomic E-state index is -0.337. The number of unbranched alkanes of at least 4 members (excludes halogenated alkanes) is 1. The molecule has 0 saturated heterocycles. The Hall–Kier alpha value is -1.36. The summed E-state index contributed by atoms with van der Waals surface area (Å²) < 4.78 is 4.91. The third kappa shape index (κ3) is 3.51. The highest BCUT2D eigenvalue weighted by atomic mass is 32.1. The molecule has 1 unspecified atom stereocenters. The van der Waals surface area contributed by atoms with Gasteiger partial charge >= 0.3 is 5.97 Å².